The second kappa shape index (κ2) is 6.66. The minimum Gasteiger partial charge on any atom is -0.345 e. The van der Waals surface area contributed by atoms with E-state index in [4.69, 9.17) is 4.98 Å². The van der Waals surface area contributed by atoms with Crippen LogP contribution in [0.15, 0.2) is 0 Å². The highest BCUT2D eigenvalue weighted by molar-refractivity contribution is 7.15. The topological polar surface area (TPSA) is 28.2 Å². The van der Waals surface area contributed by atoms with Gasteiger partial charge in [0.2, 0.25) is 0 Å². The summed E-state index contributed by atoms with van der Waals surface area (Å²) >= 11 is 1.90. The highest BCUT2D eigenvalue weighted by atomic mass is 32.1. The molecule has 1 aliphatic heterocycles. The molecule has 2 unspecified atom stereocenters. The molecule has 1 fully saturated rings. The van der Waals surface area contributed by atoms with Crippen LogP contribution in [0.2, 0.25) is 0 Å². The Morgan fingerprint density at radius 1 is 1.33 bits per heavy atom. The molecule has 1 aliphatic rings. The van der Waals surface area contributed by atoms with Gasteiger partial charge < -0.3 is 10.2 Å². The van der Waals surface area contributed by atoms with Crippen molar-refractivity contribution < 1.29 is 0 Å². The lowest BCUT2D eigenvalue weighted by Gasteiger charge is -2.20. The number of thiazole rings is 1. The van der Waals surface area contributed by atoms with Crippen molar-refractivity contribution in [1.82, 2.24) is 10.3 Å². The van der Waals surface area contributed by atoms with Crippen LogP contribution in [0.1, 0.15) is 65.0 Å². The first-order chi connectivity index (χ1) is 9.80. The molecule has 3 nitrogen and oxygen atoms in total. The maximum absolute atomic E-state index is 4.97. The molecule has 120 valence electrons. The second-order valence-corrected chi connectivity index (χ2v) is 8.62. The van der Waals surface area contributed by atoms with Gasteiger partial charge in [0, 0.05) is 29.5 Å². The van der Waals surface area contributed by atoms with Gasteiger partial charge in [0.15, 0.2) is 5.13 Å². The van der Waals surface area contributed by atoms with E-state index < -0.39 is 0 Å². The van der Waals surface area contributed by atoms with Crippen LogP contribution < -0.4 is 10.2 Å². The molecule has 2 atom stereocenters. The van der Waals surface area contributed by atoms with Crippen LogP contribution in [0.4, 0.5) is 5.13 Å². The van der Waals surface area contributed by atoms with Crippen LogP contribution in [0, 0.1) is 5.92 Å². The zero-order valence-electron chi connectivity index (χ0n) is 14.5. The fraction of sp³-hybridized carbons (Fsp3) is 0.824. The summed E-state index contributed by atoms with van der Waals surface area (Å²) in [4.78, 5) is 8.91. The molecule has 0 radical (unpaired) electrons. The van der Waals surface area contributed by atoms with Crippen molar-refractivity contribution >= 4 is 16.5 Å². The number of rotatable bonds is 5. The van der Waals surface area contributed by atoms with Crippen LogP contribution in [0.3, 0.4) is 0 Å². The summed E-state index contributed by atoms with van der Waals surface area (Å²) in [6.07, 6.45) is 3.55. The maximum atomic E-state index is 4.97. The highest BCUT2D eigenvalue weighted by Gasteiger charge is 2.29. The molecular weight excluding hydrogens is 278 g/mol. The van der Waals surface area contributed by atoms with Gasteiger partial charge in [0.05, 0.1) is 5.69 Å². The van der Waals surface area contributed by atoms with Crippen LogP contribution >= 0.6 is 11.3 Å². The van der Waals surface area contributed by atoms with Gasteiger partial charge in [-0.25, -0.2) is 4.98 Å². The monoisotopic (exact) mass is 309 g/mol. The van der Waals surface area contributed by atoms with Crippen molar-refractivity contribution in [2.45, 2.75) is 78.9 Å². The Kier molecular flexibility index (Phi) is 5.31. The van der Waals surface area contributed by atoms with E-state index in [0.717, 1.165) is 31.8 Å². The summed E-state index contributed by atoms with van der Waals surface area (Å²) in [5, 5.41) is 4.85. The van der Waals surface area contributed by atoms with Crippen LogP contribution in [0.5, 0.6) is 0 Å². The van der Waals surface area contributed by atoms with E-state index in [1.165, 1.54) is 22.1 Å². The van der Waals surface area contributed by atoms with Gasteiger partial charge in [0.1, 0.15) is 0 Å². The fourth-order valence-electron chi connectivity index (χ4n) is 2.97. The average Bonchev–Trinajstić information content (AvgIpc) is 2.90. The molecule has 0 amide bonds. The lowest BCUT2D eigenvalue weighted by molar-refractivity contribution is 0.425. The average molecular weight is 310 g/mol. The highest BCUT2D eigenvalue weighted by Crippen LogP contribution is 2.34. The summed E-state index contributed by atoms with van der Waals surface area (Å²) in [7, 11) is 0. The van der Waals surface area contributed by atoms with E-state index in [1.54, 1.807) is 0 Å². The molecule has 1 N–H and O–H groups in total. The van der Waals surface area contributed by atoms with Crippen molar-refractivity contribution in [2.24, 2.45) is 5.92 Å². The smallest absolute Gasteiger partial charge is 0.186 e. The number of aromatic nitrogens is 1. The molecule has 0 aromatic carbocycles. The van der Waals surface area contributed by atoms with Crippen LogP contribution in [0.25, 0.3) is 0 Å². The van der Waals surface area contributed by atoms with Crippen molar-refractivity contribution in [3.05, 3.63) is 10.6 Å². The zero-order valence-corrected chi connectivity index (χ0v) is 15.3. The SMILES string of the molecule is CCCc1nc(N2CC(C)CC2C)sc1CNC(C)(C)C. The zero-order chi connectivity index (χ0) is 15.6. The van der Waals surface area contributed by atoms with E-state index in [0.29, 0.717) is 6.04 Å². The predicted octanol–water partition coefficient (Wildman–Crippen LogP) is 4.22. The van der Waals surface area contributed by atoms with Gasteiger partial charge in [-0.15, -0.1) is 11.3 Å². The lowest BCUT2D eigenvalue weighted by Crippen LogP contribution is -2.35. The van der Waals surface area contributed by atoms with Crippen LogP contribution in [-0.2, 0) is 13.0 Å². The second-order valence-electron chi connectivity index (χ2n) is 7.56. The van der Waals surface area contributed by atoms with Crippen molar-refractivity contribution in [3.63, 3.8) is 0 Å². The first-order valence-corrected chi connectivity index (χ1v) is 9.12. The van der Waals surface area contributed by atoms with Gasteiger partial charge >= 0.3 is 0 Å². The minimum atomic E-state index is 0.156. The molecule has 0 saturated carbocycles. The molecule has 0 bridgehead atoms. The molecule has 2 rings (SSSR count). The first kappa shape index (κ1) is 16.8. The van der Waals surface area contributed by atoms with Gasteiger partial charge in [-0.2, -0.15) is 0 Å². The quantitative estimate of drug-likeness (QED) is 0.882. The van der Waals surface area contributed by atoms with Crippen molar-refractivity contribution in [2.75, 3.05) is 11.4 Å². The largest absolute Gasteiger partial charge is 0.345 e. The molecule has 1 aromatic rings. The van der Waals surface area contributed by atoms with E-state index in [-0.39, 0.29) is 5.54 Å². The third kappa shape index (κ3) is 4.43. The fourth-order valence-corrected chi connectivity index (χ4v) is 4.13. The van der Waals surface area contributed by atoms with Crippen LogP contribution in [-0.4, -0.2) is 23.1 Å². The van der Waals surface area contributed by atoms with Crippen molar-refractivity contribution in [1.29, 1.82) is 0 Å². The number of hydrogen-bond acceptors (Lipinski definition) is 4. The van der Waals surface area contributed by atoms with Crippen molar-refractivity contribution in [3.8, 4) is 0 Å². The van der Waals surface area contributed by atoms with E-state index in [1.807, 2.05) is 11.3 Å². The Hall–Kier alpha value is -0.610. The van der Waals surface area contributed by atoms with E-state index in [9.17, 15) is 0 Å². The molecular formula is C17H31N3S. The Bertz CT molecular complexity index is 461. The summed E-state index contributed by atoms with van der Waals surface area (Å²) in [5.41, 5.74) is 1.46. The standard InChI is InChI=1S/C17H31N3S/c1-7-8-14-15(10-18-17(4,5)6)21-16(19-14)20-11-12(2)9-13(20)3/h12-13,18H,7-11H2,1-6H3. The third-order valence-electron chi connectivity index (χ3n) is 4.06. The Morgan fingerprint density at radius 2 is 2.05 bits per heavy atom. The number of hydrogen-bond donors (Lipinski definition) is 1. The summed E-state index contributed by atoms with van der Waals surface area (Å²) in [6, 6.07) is 0.629. The van der Waals surface area contributed by atoms with E-state index >= 15 is 0 Å². The van der Waals surface area contributed by atoms with E-state index in [2.05, 4.69) is 51.8 Å². The lowest BCUT2D eigenvalue weighted by atomic mass is 10.1. The Morgan fingerprint density at radius 3 is 2.57 bits per heavy atom. The summed E-state index contributed by atoms with van der Waals surface area (Å²) in [5.74, 6) is 0.787. The molecule has 21 heavy (non-hydrogen) atoms. The number of aryl methyl sites for hydroxylation is 1. The third-order valence-corrected chi connectivity index (χ3v) is 5.20. The Balaban J connectivity index is 2.16. The molecule has 1 saturated heterocycles. The normalized spacial score (nSPS) is 23.0. The number of nitrogens with one attached hydrogen (secondary N) is 1. The van der Waals surface area contributed by atoms with Gasteiger partial charge in [-0.05, 0) is 46.5 Å². The molecule has 0 aliphatic carbocycles. The minimum absolute atomic E-state index is 0.156. The van der Waals surface area contributed by atoms with Gasteiger partial charge in [0.25, 0.3) is 0 Å². The Labute approximate surface area is 134 Å². The predicted molar refractivity (Wildman–Crippen MR) is 93.3 cm³/mol. The van der Waals surface area contributed by atoms with Gasteiger partial charge in [-0.1, -0.05) is 20.3 Å². The molecule has 4 heteroatoms. The number of nitrogens with zero attached hydrogens (tertiary/aromatic N) is 2. The maximum Gasteiger partial charge on any atom is 0.186 e. The molecule has 0 spiro atoms. The molecule has 1 aromatic heterocycles. The first-order valence-electron chi connectivity index (χ1n) is 8.30. The van der Waals surface area contributed by atoms with Gasteiger partial charge in [-0.3, -0.25) is 0 Å². The molecule has 2 heterocycles. The summed E-state index contributed by atoms with van der Waals surface area (Å²) in [6.45, 7) is 15.7. The number of anilines is 1. The summed E-state index contributed by atoms with van der Waals surface area (Å²) < 4.78 is 0.